The topological polar surface area (TPSA) is 60.2 Å². The lowest BCUT2D eigenvalue weighted by atomic mass is 10.1. The maximum atomic E-state index is 10.8. The Morgan fingerprint density at radius 3 is 2.59 bits per heavy atom. The lowest BCUT2D eigenvalue weighted by molar-refractivity contribution is -0.665. The Hall–Kier alpha value is -3.25. The molecule has 0 unspecified atom stereocenters. The quantitative estimate of drug-likeness (QED) is 0.260. The van der Waals surface area contributed by atoms with Gasteiger partial charge in [0.2, 0.25) is 5.52 Å². The number of aryl methyl sites for hydroxylation is 1. The van der Waals surface area contributed by atoms with Crippen LogP contribution < -0.4 is 4.57 Å². The van der Waals surface area contributed by atoms with Crippen LogP contribution in [0.2, 0.25) is 0 Å². The van der Waals surface area contributed by atoms with Crippen LogP contribution in [0, 0.1) is 10.1 Å². The van der Waals surface area contributed by atoms with Gasteiger partial charge in [0, 0.05) is 29.8 Å². The van der Waals surface area contributed by atoms with Crippen LogP contribution in [0.5, 0.6) is 0 Å². The second kappa shape index (κ2) is 7.17. The standard InChI is InChI=1S/C21H17N2O3S/c1-2-22-18-5-3-4-6-20(18)27-21(22)14-12-17-11-13-19(26-17)15-7-9-16(10-8-15)23(24)25/h3-14H,2H2,1H3/q+1/b14-12+. The van der Waals surface area contributed by atoms with Gasteiger partial charge >= 0.3 is 0 Å². The molecule has 134 valence electrons. The Labute approximate surface area is 160 Å². The molecule has 0 aliphatic carbocycles. The van der Waals surface area contributed by atoms with Crippen molar-refractivity contribution in [1.82, 2.24) is 0 Å². The lowest BCUT2D eigenvalue weighted by Gasteiger charge is -1.96. The van der Waals surface area contributed by atoms with Crippen LogP contribution in [0.25, 0.3) is 33.7 Å². The average Bonchev–Trinajstić information content (AvgIpc) is 3.30. The van der Waals surface area contributed by atoms with E-state index in [2.05, 4.69) is 41.8 Å². The van der Waals surface area contributed by atoms with Gasteiger partial charge in [-0.05, 0) is 43.3 Å². The number of thiazole rings is 1. The van der Waals surface area contributed by atoms with E-state index in [1.807, 2.05) is 18.2 Å². The van der Waals surface area contributed by atoms with E-state index >= 15 is 0 Å². The SMILES string of the molecule is CC[n+]1c(/C=C/c2ccc(-c3ccc([N+](=O)[O-])cc3)o2)sc2ccccc21. The third kappa shape index (κ3) is 3.39. The number of nitro benzene ring substituents is 1. The fourth-order valence-electron chi connectivity index (χ4n) is 3.00. The number of non-ortho nitro benzene ring substituents is 1. The monoisotopic (exact) mass is 377 g/mol. The van der Waals surface area contributed by atoms with Crippen LogP contribution in [0.15, 0.2) is 65.1 Å². The van der Waals surface area contributed by atoms with Crippen LogP contribution in [0.1, 0.15) is 17.7 Å². The largest absolute Gasteiger partial charge is 0.457 e. The third-order valence-corrected chi connectivity index (χ3v) is 5.46. The van der Waals surface area contributed by atoms with Crippen molar-refractivity contribution in [2.45, 2.75) is 13.5 Å². The Kier molecular flexibility index (Phi) is 4.56. The zero-order valence-electron chi connectivity index (χ0n) is 14.7. The summed E-state index contributed by atoms with van der Waals surface area (Å²) in [6, 6.07) is 18.5. The first-order valence-electron chi connectivity index (χ1n) is 8.60. The molecule has 0 N–H and O–H groups in total. The van der Waals surface area contributed by atoms with Crippen LogP contribution in [-0.2, 0) is 6.54 Å². The summed E-state index contributed by atoms with van der Waals surface area (Å²) in [6.45, 7) is 3.03. The first-order valence-corrected chi connectivity index (χ1v) is 9.41. The molecule has 4 rings (SSSR count). The second-order valence-corrected chi connectivity index (χ2v) is 7.05. The van der Waals surface area contributed by atoms with Crippen molar-refractivity contribution in [3.8, 4) is 11.3 Å². The van der Waals surface area contributed by atoms with E-state index in [9.17, 15) is 10.1 Å². The van der Waals surface area contributed by atoms with E-state index < -0.39 is 4.92 Å². The van der Waals surface area contributed by atoms with Crippen molar-refractivity contribution >= 4 is 39.4 Å². The van der Waals surface area contributed by atoms with E-state index in [4.69, 9.17) is 4.42 Å². The van der Waals surface area contributed by atoms with E-state index in [-0.39, 0.29) is 5.69 Å². The molecule has 0 aliphatic rings. The van der Waals surface area contributed by atoms with Gasteiger partial charge < -0.3 is 4.42 Å². The van der Waals surface area contributed by atoms with E-state index in [1.54, 1.807) is 23.5 Å². The van der Waals surface area contributed by atoms with Crippen molar-refractivity contribution in [2.75, 3.05) is 0 Å². The lowest BCUT2D eigenvalue weighted by Crippen LogP contribution is -2.33. The van der Waals surface area contributed by atoms with Crippen molar-refractivity contribution < 1.29 is 13.9 Å². The zero-order valence-corrected chi connectivity index (χ0v) is 15.5. The van der Waals surface area contributed by atoms with Gasteiger partial charge in [0.15, 0.2) is 0 Å². The number of furan rings is 1. The number of hydrogen-bond acceptors (Lipinski definition) is 4. The fourth-order valence-corrected chi connectivity index (χ4v) is 4.13. The van der Waals surface area contributed by atoms with Crippen LogP contribution in [-0.4, -0.2) is 4.92 Å². The van der Waals surface area contributed by atoms with Gasteiger partial charge in [-0.25, -0.2) is 0 Å². The number of nitrogens with zero attached hydrogens (tertiary/aromatic N) is 2. The van der Waals surface area contributed by atoms with Crippen molar-refractivity contribution in [3.05, 3.63) is 81.5 Å². The Balaban J connectivity index is 1.60. The summed E-state index contributed by atoms with van der Waals surface area (Å²) in [6.07, 6.45) is 4.01. The van der Waals surface area contributed by atoms with Crippen LogP contribution >= 0.6 is 11.3 Å². The van der Waals surface area contributed by atoms with Crippen LogP contribution in [0.4, 0.5) is 5.69 Å². The highest BCUT2D eigenvalue weighted by Gasteiger charge is 2.16. The van der Waals surface area contributed by atoms with E-state index in [1.165, 1.54) is 22.3 Å². The van der Waals surface area contributed by atoms with Gasteiger partial charge in [0.25, 0.3) is 10.7 Å². The Morgan fingerprint density at radius 2 is 1.85 bits per heavy atom. The molecule has 0 saturated heterocycles. The summed E-state index contributed by atoms with van der Waals surface area (Å²) in [5.41, 5.74) is 2.11. The van der Waals surface area contributed by atoms with Crippen molar-refractivity contribution in [3.63, 3.8) is 0 Å². The summed E-state index contributed by atoms with van der Waals surface area (Å²) in [7, 11) is 0. The average molecular weight is 377 g/mol. The van der Waals surface area contributed by atoms with Gasteiger partial charge in [-0.15, -0.1) is 0 Å². The van der Waals surface area contributed by atoms with Crippen molar-refractivity contribution in [1.29, 1.82) is 0 Å². The normalized spacial score (nSPS) is 11.4. The highest BCUT2D eigenvalue weighted by Crippen LogP contribution is 2.26. The molecule has 0 spiro atoms. The summed E-state index contributed by atoms with van der Waals surface area (Å²) < 4.78 is 9.41. The fraction of sp³-hybridized carbons (Fsp3) is 0.0952. The maximum absolute atomic E-state index is 10.8. The van der Waals surface area contributed by atoms with Crippen LogP contribution in [0.3, 0.4) is 0 Å². The summed E-state index contributed by atoms with van der Waals surface area (Å²) in [5, 5.41) is 11.9. The minimum absolute atomic E-state index is 0.0688. The molecule has 0 atom stereocenters. The molecule has 0 bridgehead atoms. The molecule has 2 aromatic heterocycles. The summed E-state index contributed by atoms with van der Waals surface area (Å²) in [4.78, 5) is 10.4. The molecule has 0 fully saturated rings. The molecule has 0 aliphatic heterocycles. The van der Waals surface area contributed by atoms with E-state index in [0.717, 1.165) is 22.9 Å². The molecular formula is C21H17N2O3S+. The predicted octanol–water partition coefficient (Wildman–Crippen LogP) is 5.55. The molecule has 0 saturated carbocycles. The zero-order chi connectivity index (χ0) is 18.8. The van der Waals surface area contributed by atoms with Gasteiger partial charge in [0.05, 0.1) is 4.92 Å². The first kappa shape index (κ1) is 17.2. The number of para-hydroxylation sites is 1. The number of aromatic nitrogens is 1. The van der Waals surface area contributed by atoms with Gasteiger partial charge in [-0.3, -0.25) is 10.1 Å². The molecule has 5 nitrogen and oxygen atoms in total. The predicted molar refractivity (Wildman–Crippen MR) is 107 cm³/mol. The first-order chi connectivity index (χ1) is 13.2. The molecule has 0 radical (unpaired) electrons. The van der Waals surface area contributed by atoms with Crippen molar-refractivity contribution in [2.24, 2.45) is 0 Å². The Morgan fingerprint density at radius 1 is 1.07 bits per heavy atom. The molecular weight excluding hydrogens is 360 g/mol. The minimum Gasteiger partial charge on any atom is -0.457 e. The second-order valence-electron chi connectivity index (χ2n) is 5.99. The number of benzene rings is 2. The van der Waals surface area contributed by atoms with Gasteiger partial charge in [0.1, 0.15) is 22.8 Å². The third-order valence-electron chi connectivity index (χ3n) is 4.33. The number of fused-ring (bicyclic) bond motifs is 1. The van der Waals surface area contributed by atoms with Gasteiger partial charge in [-0.2, -0.15) is 4.57 Å². The number of rotatable bonds is 5. The molecule has 4 aromatic rings. The maximum Gasteiger partial charge on any atom is 0.269 e. The molecule has 2 aromatic carbocycles. The number of hydrogen-bond donors (Lipinski definition) is 0. The molecule has 27 heavy (non-hydrogen) atoms. The number of nitro groups is 1. The molecule has 0 amide bonds. The molecule has 2 heterocycles. The Bertz CT molecular complexity index is 1140. The summed E-state index contributed by atoms with van der Waals surface area (Å²) in [5.74, 6) is 1.42. The highest BCUT2D eigenvalue weighted by molar-refractivity contribution is 7.18. The molecule has 6 heteroatoms. The summed E-state index contributed by atoms with van der Waals surface area (Å²) >= 11 is 1.75. The van der Waals surface area contributed by atoms with E-state index in [0.29, 0.717) is 5.76 Å². The highest BCUT2D eigenvalue weighted by atomic mass is 32.1. The minimum atomic E-state index is -0.409. The smallest absolute Gasteiger partial charge is 0.269 e. The van der Waals surface area contributed by atoms with Gasteiger partial charge in [-0.1, -0.05) is 23.5 Å².